The van der Waals surface area contributed by atoms with E-state index in [1.807, 2.05) is 17.9 Å². The lowest BCUT2D eigenvalue weighted by atomic mass is 9.96. The molecule has 1 aliphatic rings. The third-order valence-electron chi connectivity index (χ3n) is 5.32. The maximum atomic E-state index is 5.03. The first kappa shape index (κ1) is 16.3. The Morgan fingerprint density at radius 3 is 2.80 bits per heavy atom. The number of para-hydroxylation sites is 2. The highest BCUT2D eigenvalue weighted by Crippen LogP contribution is 2.32. The molecule has 0 amide bonds. The van der Waals surface area contributed by atoms with Crippen molar-refractivity contribution in [3.63, 3.8) is 0 Å². The van der Waals surface area contributed by atoms with Crippen molar-refractivity contribution in [2.75, 3.05) is 13.1 Å². The molecule has 5 heteroatoms. The van der Waals surface area contributed by atoms with E-state index >= 15 is 0 Å². The summed E-state index contributed by atoms with van der Waals surface area (Å²) in [6.45, 7) is 7.71. The zero-order valence-corrected chi connectivity index (χ0v) is 15.4. The summed E-state index contributed by atoms with van der Waals surface area (Å²) in [5.41, 5.74) is 3.66. The number of benzene rings is 1. The van der Waals surface area contributed by atoms with E-state index < -0.39 is 0 Å². The topological polar surface area (TPSA) is 38.9 Å². The van der Waals surface area contributed by atoms with Gasteiger partial charge in [0.15, 0.2) is 0 Å². The first-order valence-electron chi connectivity index (χ1n) is 9.29. The average molecular weight is 337 g/mol. The molecule has 1 fully saturated rings. The molecule has 1 aromatic carbocycles. The highest BCUT2D eigenvalue weighted by Gasteiger charge is 2.27. The largest absolute Gasteiger partial charge is 0.325 e. The molecule has 1 unspecified atom stereocenters. The van der Waals surface area contributed by atoms with Crippen LogP contribution in [0.1, 0.15) is 50.2 Å². The van der Waals surface area contributed by atoms with Crippen molar-refractivity contribution in [1.29, 1.82) is 0 Å². The monoisotopic (exact) mass is 337 g/mol. The SMILES string of the molecule is CC(C)n1c(C2CCCN(Cc3ccnn3C)C2)nc2ccccc21. The fourth-order valence-corrected chi connectivity index (χ4v) is 4.09. The maximum Gasteiger partial charge on any atom is 0.114 e. The van der Waals surface area contributed by atoms with Crippen molar-refractivity contribution in [2.24, 2.45) is 7.05 Å². The summed E-state index contributed by atoms with van der Waals surface area (Å²) in [6, 6.07) is 11.1. The van der Waals surface area contributed by atoms with Gasteiger partial charge >= 0.3 is 0 Å². The van der Waals surface area contributed by atoms with Gasteiger partial charge in [-0.1, -0.05) is 12.1 Å². The molecule has 0 bridgehead atoms. The summed E-state index contributed by atoms with van der Waals surface area (Å²) < 4.78 is 4.42. The quantitative estimate of drug-likeness (QED) is 0.728. The van der Waals surface area contributed by atoms with E-state index in [1.54, 1.807) is 0 Å². The molecule has 25 heavy (non-hydrogen) atoms. The van der Waals surface area contributed by atoms with Gasteiger partial charge in [-0.15, -0.1) is 0 Å². The number of rotatable bonds is 4. The Morgan fingerprint density at radius 2 is 2.04 bits per heavy atom. The summed E-state index contributed by atoms with van der Waals surface area (Å²) in [6.07, 6.45) is 4.33. The van der Waals surface area contributed by atoms with Gasteiger partial charge in [0.2, 0.25) is 0 Å². The standard InChI is InChI=1S/C20H27N5/c1-15(2)25-19-9-5-4-8-18(19)22-20(25)16-7-6-12-24(13-16)14-17-10-11-21-23(17)3/h4-5,8-11,15-16H,6-7,12-14H2,1-3H3. The van der Waals surface area contributed by atoms with Crippen LogP contribution < -0.4 is 0 Å². The molecular formula is C20H27N5. The molecule has 3 aromatic rings. The predicted molar refractivity (Wildman–Crippen MR) is 101 cm³/mol. The van der Waals surface area contributed by atoms with Crippen LogP contribution in [0.4, 0.5) is 0 Å². The lowest BCUT2D eigenvalue weighted by Gasteiger charge is -2.33. The van der Waals surface area contributed by atoms with Crippen LogP contribution in [0.3, 0.4) is 0 Å². The third kappa shape index (κ3) is 3.09. The van der Waals surface area contributed by atoms with Gasteiger partial charge in [-0.05, 0) is 51.4 Å². The average Bonchev–Trinajstić information content (AvgIpc) is 3.19. The third-order valence-corrected chi connectivity index (χ3v) is 5.32. The molecule has 0 saturated carbocycles. The lowest BCUT2D eigenvalue weighted by molar-refractivity contribution is 0.190. The number of nitrogens with zero attached hydrogens (tertiary/aromatic N) is 5. The number of imidazole rings is 1. The number of fused-ring (bicyclic) bond motifs is 1. The Balaban J connectivity index is 1.62. The molecule has 0 N–H and O–H groups in total. The molecule has 2 aromatic heterocycles. The number of hydrogen-bond acceptors (Lipinski definition) is 3. The summed E-state index contributed by atoms with van der Waals surface area (Å²) in [4.78, 5) is 7.58. The zero-order chi connectivity index (χ0) is 17.4. The fraction of sp³-hybridized carbons (Fsp3) is 0.500. The van der Waals surface area contributed by atoms with Gasteiger partial charge in [-0.25, -0.2) is 4.98 Å². The van der Waals surface area contributed by atoms with Crippen molar-refractivity contribution in [1.82, 2.24) is 24.2 Å². The van der Waals surface area contributed by atoms with E-state index in [4.69, 9.17) is 4.98 Å². The Bertz CT molecular complexity index is 860. The molecule has 1 aliphatic heterocycles. The van der Waals surface area contributed by atoms with Crippen LogP contribution in [0.15, 0.2) is 36.5 Å². The van der Waals surface area contributed by atoms with E-state index in [-0.39, 0.29) is 0 Å². The van der Waals surface area contributed by atoms with E-state index in [2.05, 4.69) is 58.7 Å². The normalized spacial score (nSPS) is 19.1. The highest BCUT2D eigenvalue weighted by atomic mass is 15.3. The lowest BCUT2D eigenvalue weighted by Crippen LogP contribution is -2.35. The Hall–Kier alpha value is -2.14. The minimum absolute atomic E-state index is 0.426. The number of hydrogen-bond donors (Lipinski definition) is 0. The number of aryl methyl sites for hydroxylation is 1. The molecule has 0 radical (unpaired) electrons. The second kappa shape index (κ2) is 6.64. The highest BCUT2D eigenvalue weighted by molar-refractivity contribution is 5.76. The zero-order valence-electron chi connectivity index (χ0n) is 15.4. The summed E-state index contributed by atoms with van der Waals surface area (Å²) >= 11 is 0. The van der Waals surface area contributed by atoms with Gasteiger partial charge in [0.25, 0.3) is 0 Å². The minimum Gasteiger partial charge on any atom is -0.325 e. The smallest absolute Gasteiger partial charge is 0.114 e. The number of piperidine rings is 1. The number of likely N-dealkylation sites (tertiary alicyclic amines) is 1. The Kier molecular flexibility index (Phi) is 4.34. The molecule has 132 valence electrons. The first-order chi connectivity index (χ1) is 12.1. The van der Waals surface area contributed by atoms with Crippen LogP contribution in [0.5, 0.6) is 0 Å². The van der Waals surface area contributed by atoms with Crippen molar-refractivity contribution >= 4 is 11.0 Å². The molecular weight excluding hydrogens is 310 g/mol. The number of aromatic nitrogens is 4. The van der Waals surface area contributed by atoms with Gasteiger partial charge in [0, 0.05) is 38.3 Å². The minimum atomic E-state index is 0.426. The van der Waals surface area contributed by atoms with Crippen LogP contribution in [-0.4, -0.2) is 37.3 Å². The van der Waals surface area contributed by atoms with E-state index in [9.17, 15) is 0 Å². The molecule has 1 atom stereocenters. The van der Waals surface area contributed by atoms with E-state index in [0.717, 1.165) is 25.2 Å². The van der Waals surface area contributed by atoms with Crippen LogP contribution in [-0.2, 0) is 13.6 Å². The van der Waals surface area contributed by atoms with Crippen LogP contribution in [0, 0.1) is 0 Å². The maximum absolute atomic E-state index is 5.03. The predicted octanol–water partition coefficient (Wildman–Crippen LogP) is 3.73. The fourth-order valence-electron chi connectivity index (χ4n) is 4.09. The van der Waals surface area contributed by atoms with Crippen molar-refractivity contribution < 1.29 is 0 Å². The van der Waals surface area contributed by atoms with Crippen LogP contribution in [0.25, 0.3) is 11.0 Å². The molecule has 5 nitrogen and oxygen atoms in total. The van der Waals surface area contributed by atoms with Crippen LogP contribution >= 0.6 is 0 Å². The summed E-state index contributed by atoms with van der Waals surface area (Å²) in [7, 11) is 2.02. The van der Waals surface area contributed by atoms with Crippen molar-refractivity contribution in [3.8, 4) is 0 Å². The second-order valence-corrected chi connectivity index (χ2v) is 7.44. The molecule has 0 spiro atoms. The van der Waals surface area contributed by atoms with Gasteiger partial charge < -0.3 is 4.57 Å². The van der Waals surface area contributed by atoms with E-state index in [0.29, 0.717) is 12.0 Å². The van der Waals surface area contributed by atoms with Gasteiger partial charge in [-0.3, -0.25) is 9.58 Å². The molecule has 4 rings (SSSR count). The van der Waals surface area contributed by atoms with Crippen molar-refractivity contribution in [3.05, 3.63) is 48.0 Å². The van der Waals surface area contributed by atoms with Crippen LogP contribution in [0.2, 0.25) is 0 Å². The van der Waals surface area contributed by atoms with E-state index in [1.165, 1.54) is 29.9 Å². The van der Waals surface area contributed by atoms with Gasteiger partial charge in [0.05, 0.1) is 16.7 Å². The van der Waals surface area contributed by atoms with Gasteiger partial charge in [-0.2, -0.15) is 5.10 Å². The first-order valence-corrected chi connectivity index (χ1v) is 9.29. The van der Waals surface area contributed by atoms with Crippen molar-refractivity contribution in [2.45, 2.75) is 45.2 Å². The molecule has 3 heterocycles. The molecule has 1 saturated heterocycles. The molecule has 0 aliphatic carbocycles. The van der Waals surface area contributed by atoms with Gasteiger partial charge in [0.1, 0.15) is 5.82 Å². The summed E-state index contributed by atoms with van der Waals surface area (Å²) in [5.74, 6) is 1.75. The second-order valence-electron chi connectivity index (χ2n) is 7.44. The Morgan fingerprint density at radius 1 is 1.20 bits per heavy atom. The Labute approximate surface area is 149 Å². The summed E-state index contributed by atoms with van der Waals surface area (Å²) in [5, 5.41) is 4.30.